The van der Waals surface area contributed by atoms with Crippen LogP contribution in [-0.2, 0) is 11.2 Å². The van der Waals surface area contributed by atoms with Crippen molar-refractivity contribution in [3.05, 3.63) is 46.2 Å². The molecule has 0 fully saturated rings. The van der Waals surface area contributed by atoms with Gasteiger partial charge < -0.3 is 10.2 Å². The first-order valence-electron chi connectivity index (χ1n) is 8.15. The second kappa shape index (κ2) is 7.91. The molecule has 0 aliphatic heterocycles. The Labute approximate surface area is 173 Å². The molecule has 0 aliphatic rings. The molecule has 0 amide bonds. The number of aromatic hydroxyl groups is 1. The minimum Gasteiger partial charge on any atom is -0.505 e. The number of thiophene rings is 1. The van der Waals surface area contributed by atoms with E-state index >= 15 is 0 Å². The Morgan fingerprint density at radius 2 is 1.97 bits per heavy atom. The van der Waals surface area contributed by atoms with Crippen LogP contribution in [0.5, 0.6) is 5.75 Å². The average Bonchev–Trinajstić information content (AvgIpc) is 3.20. The quantitative estimate of drug-likeness (QED) is 0.390. The number of carboxylic acid groups (broad SMARTS) is 1. The lowest BCUT2D eigenvalue weighted by Gasteiger charge is -2.12. The van der Waals surface area contributed by atoms with Crippen LogP contribution in [0.3, 0.4) is 0 Å². The number of carbonyl (C=O) groups is 2. The number of alkyl halides is 4. The number of aromatic nitrogens is 1. The van der Waals surface area contributed by atoms with Crippen molar-refractivity contribution in [3.63, 3.8) is 0 Å². The van der Waals surface area contributed by atoms with Crippen molar-refractivity contribution >= 4 is 45.9 Å². The van der Waals surface area contributed by atoms with E-state index in [2.05, 4.69) is 0 Å². The molecule has 0 aliphatic carbocycles. The summed E-state index contributed by atoms with van der Waals surface area (Å²) in [7, 11) is 0. The largest absolute Gasteiger partial charge is 0.505 e. The summed E-state index contributed by atoms with van der Waals surface area (Å²) >= 11 is 0.275. The van der Waals surface area contributed by atoms with Crippen molar-refractivity contribution < 1.29 is 41.8 Å². The van der Waals surface area contributed by atoms with Crippen molar-refractivity contribution in [1.82, 2.24) is 4.57 Å². The zero-order valence-electron chi connectivity index (χ0n) is 15.0. The number of rotatable bonds is 6. The molecule has 0 saturated heterocycles. The zero-order chi connectivity index (χ0) is 22.4. The lowest BCUT2D eigenvalue weighted by molar-refractivity contribution is -0.136. The number of carboxylic acids is 1. The number of fused-ring (bicyclic) bond motifs is 1. The zero-order valence-corrected chi connectivity index (χ0v) is 16.6. The Hall–Kier alpha value is -2.60. The highest BCUT2D eigenvalue weighted by Gasteiger charge is 2.42. The molecule has 0 spiro atoms. The van der Waals surface area contributed by atoms with Crippen LogP contribution in [0.4, 0.5) is 22.0 Å². The lowest BCUT2D eigenvalue weighted by Crippen LogP contribution is -2.21. The summed E-state index contributed by atoms with van der Waals surface area (Å²) in [6.07, 6.45) is -4.53. The third-order valence-electron chi connectivity index (χ3n) is 4.26. The lowest BCUT2D eigenvalue weighted by atomic mass is 10.1. The Bertz CT molecular complexity index is 1160. The smallest absolute Gasteiger partial charge is 0.358 e. The molecule has 30 heavy (non-hydrogen) atoms. The highest BCUT2D eigenvalue weighted by atomic mass is 32.2. The Balaban J connectivity index is 2.09. The first-order chi connectivity index (χ1) is 13.9. The standard InChI is InChI=1S/C18H12F5NO4S2/c1-7-9(5-12(26)27)14-10(2-3-11(25)15(14)19)24(7)16(28)8-4-13(29-6-8)30-18(22,23)17(20)21/h2-4,6,17,25H,5H2,1H3,(H,26,27). The van der Waals surface area contributed by atoms with Crippen LogP contribution in [0.15, 0.2) is 27.8 Å². The number of phenols is 1. The van der Waals surface area contributed by atoms with Crippen LogP contribution in [0.2, 0.25) is 0 Å². The summed E-state index contributed by atoms with van der Waals surface area (Å²) in [5.74, 6) is -3.92. The van der Waals surface area contributed by atoms with E-state index in [0.29, 0.717) is 11.3 Å². The first kappa shape index (κ1) is 22.1. The maximum absolute atomic E-state index is 14.5. The van der Waals surface area contributed by atoms with Gasteiger partial charge in [0.2, 0.25) is 0 Å². The van der Waals surface area contributed by atoms with Crippen LogP contribution >= 0.6 is 23.1 Å². The average molecular weight is 465 g/mol. The van der Waals surface area contributed by atoms with Crippen molar-refractivity contribution in [2.75, 3.05) is 0 Å². The van der Waals surface area contributed by atoms with Crippen LogP contribution in [-0.4, -0.2) is 38.3 Å². The van der Waals surface area contributed by atoms with Gasteiger partial charge in [0.1, 0.15) is 0 Å². The number of aliphatic carboxylic acids is 1. The van der Waals surface area contributed by atoms with E-state index in [0.717, 1.165) is 16.7 Å². The number of phenolic OH excluding ortho intramolecular Hbond substituents is 1. The van der Waals surface area contributed by atoms with Gasteiger partial charge in [-0.15, -0.1) is 11.3 Å². The summed E-state index contributed by atoms with van der Waals surface area (Å²) in [6, 6.07) is 3.22. The van der Waals surface area contributed by atoms with Crippen LogP contribution in [0.25, 0.3) is 10.9 Å². The number of nitrogens with zero attached hydrogens (tertiary/aromatic N) is 1. The van der Waals surface area contributed by atoms with Gasteiger partial charge in [-0.3, -0.25) is 14.2 Å². The number of carbonyl (C=O) groups excluding carboxylic acids is 1. The topological polar surface area (TPSA) is 79.5 Å². The maximum Gasteiger partial charge on any atom is 0.358 e. The van der Waals surface area contributed by atoms with E-state index in [1.165, 1.54) is 18.4 Å². The molecule has 0 atom stereocenters. The second-order valence-corrected chi connectivity index (χ2v) is 8.54. The first-order valence-corrected chi connectivity index (χ1v) is 9.85. The molecule has 0 saturated carbocycles. The molecule has 0 unspecified atom stereocenters. The predicted molar refractivity (Wildman–Crippen MR) is 100 cm³/mol. The SMILES string of the molecule is Cc1c(CC(=O)O)c2c(F)c(O)ccc2n1C(=O)c1csc(SC(F)(F)C(F)F)c1. The molecule has 3 rings (SSSR count). The number of thioether (sulfide) groups is 1. The van der Waals surface area contributed by atoms with Gasteiger partial charge in [-0.1, -0.05) is 0 Å². The van der Waals surface area contributed by atoms with Gasteiger partial charge in [-0.2, -0.15) is 8.78 Å². The van der Waals surface area contributed by atoms with Crippen molar-refractivity contribution in [2.45, 2.75) is 29.2 Å². The molecule has 1 aromatic carbocycles. The molecular weight excluding hydrogens is 453 g/mol. The Kier molecular flexibility index (Phi) is 5.83. The van der Waals surface area contributed by atoms with E-state index < -0.39 is 41.5 Å². The Morgan fingerprint density at radius 3 is 2.57 bits per heavy atom. The summed E-state index contributed by atoms with van der Waals surface area (Å²) < 4.78 is 66.6. The van der Waals surface area contributed by atoms with Crippen molar-refractivity contribution in [2.24, 2.45) is 0 Å². The second-order valence-electron chi connectivity index (χ2n) is 6.19. The van der Waals surface area contributed by atoms with Gasteiger partial charge >= 0.3 is 17.6 Å². The van der Waals surface area contributed by atoms with E-state index in [1.807, 2.05) is 0 Å². The number of benzene rings is 1. The monoisotopic (exact) mass is 465 g/mol. The van der Waals surface area contributed by atoms with E-state index in [-0.39, 0.29) is 43.7 Å². The molecular formula is C18H12F5NO4S2. The molecule has 3 aromatic rings. The minimum atomic E-state index is -4.34. The highest BCUT2D eigenvalue weighted by molar-refractivity contribution is 8.02. The molecule has 160 valence electrons. The fourth-order valence-electron chi connectivity index (χ4n) is 2.94. The minimum absolute atomic E-state index is 0.0256. The van der Waals surface area contributed by atoms with Crippen LogP contribution in [0, 0.1) is 12.7 Å². The third-order valence-corrected chi connectivity index (χ3v) is 6.29. The molecule has 12 heteroatoms. The van der Waals surface area contributed by atoms with Crippen molar-refractivity contribution in [3.8, 4) is 5.75 Å². The number of halogens is 5. The Morgan fingerprint density at radius 1 is 1.30 bits per heavy atom. The molecule has 2 N–H and O–H groups in total. The van der Waals surface area contributed by atoms with Gasteiger partial charge in [-0.25, -0.2) is 13.2 Å². The normalized spacial score (nSPS) is 12.1. The number of hydrogen-bond donors (Lipinski definition) is 2. The van der Waals surface area contributed by atoms with E-state index in [1.54, 1.807) is 0 Å². The van der Waals surface area contributed by atoms with Gasteiger partial charge in [0, 0.05) is 16.5 Å². The van der Waals surface area contributed by atoms with Gasteiger partial charge in [0.05, 0.1) is 21.7 Å². The van der Waals surface area contributed by atoms with Gasteiger partial charge in [0.15, 0.2) is 11.6 Å². The maximum atomic E-state index is 14.5. The number of hydrogen-bond acceptors (Lipinski definition) is 5. The van der Waals surface area contributed by atoms with Crippen molar-refractivity contribution in [1.29, 1.82) is 0 Å². The summed E-state index contributed by atoms with van der Waals surface area (Å²) in [5, 5.41) is 15.4. The summed E-state index contributed by atoms with van der Waals surface area (Å²) in [6.45, 7) is 1.37. The summed E-state index contributed by atoms with van der Waals surface area (Å²) in [4.78, 5) is 24.2. The van der Waals surface area contributed by atoms with E-state index in [4.69, 9.17) is 5.11 Å². The van der Waals surface area contributed by atoms with Gasteiger partial charge in [-0.05, 0) is 42.4 Å². The predicted octanol–water partition coefficient (Wildman–Crippen LogP) is 5.12. The fraction of sp³-hybridized carbons (Fsp3) is 0.222. The molecule has 2 heterocycles. The molecule has 5 nitrogen and oxygen atoms in total. The molecule has 2 aromatic heterocycles. The molecule has 0 radical (unpaired) electrons. The van der Waals surface area contributed by atoms with Gasteiger partial charge in [0.25, 0.3) is 5.91 Å². The fourth-order valence-corrected chi connectivity index (χ4v) is 4.76. The third kappa shape index (κ3) is 3.88. The highest BCUT2D eigenvalue weighted by Crippen LogP contribution is 2.43. The molecule has 0 bridgehead atoms. The van der Waals surface area contributed by atoms with E-state index in [9.17, 15) is 36.6 Å². The van der Waals surface area contributed by atoms with Crippen LogP contribution in [0.1, 0.15) is 21.6 Å². The summed E-state index contributed by atoms with van der Waals surface area (Å²) in [5.41, 5.74) is -0.0983. The van der Waals surface area contributed by atoms with Crippen LogP contribution < -0.4 is 0 Å².